The Labute approximate surface area is 139 Å². The molecule has 0 aliphatic rings. The van der Waals surface area contributed by atoms with E-state index in [-0.39, 0.29) is 18.1 Å². The molecule has 0 unspecified atom stereocenters. The number of carbonyl (C=O) groups is 1. The zero-order valence-electron chi connectivity index (χ0n) is 13.7. The maximum absolute atomic E-state index is 12.0. The first kappa shape index (κ1) is 15.9. The number of rotatable bonds is 5. The largest absolute Gasteiger partial charge is 0.508 e. The number of nitrogens with zero attached hydrogens (tertiary/aromatic N) is 4. The molecule has 3 rings (SSSR count). The zero-order chi connectivity index (χ0) is 17.1. The molecule has 1 aromatic carbocycles. The molecule has 0 bridgehead atoms. The van der Waals surface area contributed by atoms with Crippen molar-refractivity contribution in [3.05, 3.63) is 53.1 Å². The molecule has 0 saturated heterocycles. The number of benzene rings is 1. The fourth-order valence-corrected chi connectivity index (χ4v) is 2.50. The van der Waals surface area contributed by atoms with Crippen molar-refractivity contribution in [3.8, 4) is 5.75 Å². The van der Waals surface area contributed by atoms with Crippen molar-refractivity contribution in [2.75, 3.05) is 6.54 Å². The van der Waals surface area contributed by atoms with Crippen LogP contribution in [0.4, 0.5) is 0 Å². The van der Waals surface area contributed by atoms with E-state index < -0.39 is 0 Å². The molecule has 1 amide bonds. The number of phenolic OH excluding ortho intramolecular Hbond substituents is 1. The molecule has 0 aliphatic heterocycles. The number of aromatic nitrogens is 4. The van der Waals surface area contributed by atoms with E-state index >= 15 is 0 Å². The van der Waals surface area contributed by atoms with Crippen LogP contribution in [0.5, 0.6) is 5.75 Å². The van der Waals surface area contributed by atoms with Gasteiger partial charge in [0, 0.05) is 17.9 Å². The second-order valence-corrected chi connectivity index (χ2v) is 5.72. The molecule has 0 radical (unpaired) electrons. The summed E-state index contributed by atoms with van der Waals surface area (Å²) >= 11 is 0. The Morgan fingerprint density at radius 2 is 1.96 bits per heavy atom. The predicted octanol–water partition coefficient (Wildman–Crippen LogP) is 1.35. The van der Waals surface area contributed by atoms with Crippen LogP contribution >= 0.6 is 0 Å². The maximum atomic E-state index is 12.0. The van der Waals surface area contributed by atoms with Gasteiger partial charge in [-0.1, -0.05) is 12.1 Å². The first-order valence-electron chi connectivity index (χ1n) is 7.76. The number of amides is 1. The molecule has 0 saturated carbocycles. The molecule has 24 heavy (non-hydrogen) atoms. The summed E-state index contributed by atoms with van der Waals surface area (Å²) in [6.07, 6.45) is 0.821. The summed E-state index contributed by atoms with van der Waals surface area (Å²) in [7, 11) is 0. The summed E-state index contributed by atoms with van der Waals surface area (Å²) in [5.41, 5.74) is 2.86. The van der Waals surface area contributed by atoms with E-state index in [0.29, 0.717) is 24.6 Å². The fraction of sp³-hybridized carbons (Fsp3) is 0.294. The molecule has 0 fully saturated rings. The zero-order valence-corrected chi connectivity index (χ0v) is 13.7. The van der Waals surface area contributed by atoms with Gasteiger partial charge in [-0.15, -0.1) is 5.10 Å². The summed E-state index contributed by atoms with van der Waals surface area (Å²) in [6, 6.07) is 8.86. The lowest BCUT2D eigenvalue weighted by atomic mass is 10.1. The molecule has 7 nitrogen and oxygen atoms in total. The molecule has 124 valence electrons. The molecule has 0 spiro atoms. The lowest BCUT2D eigenvalue weighted by molar-refractivity contribution is -0.120. The number of nitrogens with one attached hydrogen (secondary N) is 1. The molecule has 2 heterocycles. The number of phenols is 1. The van der Waals surface area contributed by atoms with Crippen LogP contribution in [-0.2, 0) is 17.6 Å². The Bertz CT molecular complexity index is 871. The summed E-state index contributed by atoms with van der Waals surface area (Å²) < 4.78 is 1.64. The van der Waals surface area contributed by atoms with Crippen LogP contribution in [0.3, 0.4) is 0 Å². The Morgan fingerprint density at radius 3 is 2.71 bits per heavy atom. The van der Waals surface area contributed by atoms with Crippen LogP contribution in [0.15, 0.2) is 30.3 Å². The van der Waals surface area contributed by atoms with Crippen molar-refractivity contribution < 1.29 is 9.90 Å². The van der Waals surface area contributed by atoms with Crippen LogP contribution in [0.2, 0.25) is 0 Å². The standard InChI is InChI=1S/C17H19N5O2/c1-11-9-12(2)22-17(19-11)20-15(21-22)10-16(24)18-8-7-13-3-5-14(23)6-4-13/h3-6,9,23H,7-8,10H2,1-2H3,(H,18,24). The highest BCUT2D eigenvalue weighted by molar-refractivity contribution is 5.77. The molecule has 3 aromatic rings. The van der Waals surface area contributed by atoms with E-state index in [4.69, 9.17) is 0 Å². The van der Waals surface area contributed by atoms with Crippen molar-refractivity contribution >= 4 is 11.7 Å². The first-order chi connectivity index (χ1) is 11.5. The SMILES string of the molecule is Cc1cc(C)n2nc(CC(=O)NCCc3ccc(O)cc3)nc2n1. The molecule has 7 heteroatoms. The van der Waals surface area contributed by atoms with Gasteiger partial charge in [0.1, 0.15) is 5.75 Å². The van der Waals surface area contributed by atoms with Crippen molar-refractivity contribution in [2.45, 2.75) is 26.7 Å². The normalized spacial score (nSPS) is 10.9. The second-order valence-electron chi connectivity index (χ2n) is 5.72. The number of fused-ring (bicyclic) bond motifs is 1. The van der Waals surface area contributed by atoms with Crippen LogP contribution < -0.4 is 5.32 Å². The third-order valence-corrected chi connectivity index (χ3v) is 3.65. The molecule has 2 N–H and O–H groups in total. The number of hydrogen-bond acceptors (Lipinski definition) is 5. The van der Waals surface area contributed by atoms with E-state index in [1.54, 1.807) is 16.6 Å². The highest BCUT2D eigenvalue weighted by atomic mass is 16.3. The van der Waals surface area contributed by atoms with Gasteiger partial charge in [0.05, 0.1) is 6.42 Å². The minimum absolute atomic E-state index is 0.122. The molecule has 0 aliphatic carbocycles. The van der Waals surface area contributed by atoms with Crippen molar-refractivity contribution in [3.63, 3.8) is 0 Å². The average molecular weight is 325 g/mol. The predicted molar refractivity (Wildman–Crippen MR) is 88.8 cm³/mol. The van der Waals surface area contributed by atoms with Crippen LogP contribution in [-0.4, -0.2) is 37.1 Å². The van der Waals surface area contributed by atoms with Gasteiger partial charge in [-0.2, -0.15) is 4.98 Å². The Balaban J connectivity index is 1.57. The molecular weight excluding hydrogens is 306 g/mol. The van der Waals surface area contributed by atoms with Gasteiger partial charge in [0.15, 0.2) is 5.82 Å². The van der Waals surface area contributed by atoms with Crippen LogP contribution in [0, 0.1) is 13.8 Å². The van der Waals surface area contributed by atoms with E-state index in [1.165, 1.54) is 0 Å². The Kier molecular flexibility index (Phi) is 4.41. The fourth-order valence-electron chi connectivity index (χ4n) is 2.50. The number of carbonyl (C=O) groups excluding carboxylic acids is 1. The highest BCUT2D eigenvalue weighted by Gasteiger charge is 2.11. The number of hydrogen-bond donors (Lipinski definition) is 2. The minimum Gasteiger partial charge on any atom is -0.508 e. The van der Waals surface area contributed by atoms with Gasteiger partial charge < -0.3 is 10.4 Å². The number of aromatic hydroxyl groups is 1. The summed E-state index contributed by atoms with van der Waals surface area (Å²) in [4.78, 5) is 20.6. The van der Waals surface area contributed by atoms with E-state index in [9.17, 15) is 9.90 Å². The van der Waals surface area contributed by atoms with Crippen molar-refractivity contribution in [1.82, 2.24) is 24.9 Å². The Morgan fingerprint density at radius 1 is 1.21 bits per heavy atom. The van der Waals surface area contributed by atoms with E-state index in [0.717, 1.165) is 17.0 Å². The summed E-state index contributed by atoms with van der Waals surface area (Å²) in [5, 5.41) is 16.4. The van der Waals surface area contributed by atoms with E-state index in [1.807, 2.05) is 32.0 Å². The molecular formula is C17H19N5O2. The average Bonchev–Trinajstić information content (AvgIpc) is 2.92. The molecule has 0 atom stereocenters. The summed E-state index contributed by atoms with van der Waals surface area (Å²) in [6.45, 7) is 4.35. The van der Waals surface area contributed by atoms with E-state index in [2.05, 4.69) is 20.4 Å². The molecule has 2 aromatic heterocycles. The highest BCUT2D eigenvalue weighted by Crippen LogP contribution is 2.09. The maximum Gasteiger partial charge on any atom is 0.252 e. The Hall–Kier alpha value is -2.96. The summed E-state index contributed by atoms with van der Waals surface area (Å²) in [5.74, 6) is 1.08. The lowest BCUT2D eigenvalue weighted by Gasteiger charge is -2.04. The van der Waals surface area contributed by atoms with Crippen LogP contribution in [0.1, 0.15) is 22.8 Å². The van der Waals surface area contributed by atoms with Crippen molar-refractivity contribution in [2.24, 2.45) is 0 Å². The topological polar surface area (TPSA) is 92.4 Å². The minimum atomic E-state index is -0.126. The smallest absolute Gasteiger partial charge is 0.252 e. The van der Waals surface area contributed by atoms with Gasteiger partial charge in [-0.3, -0.25) is 4.79 Å². The quantitative estimate of drug-likeness (QED) is 0.739. The third kappa shape index (κ3) is 3.68. The number of aryl methyl sites for hydroxylation is 2. The monoisotopic (exact) mass is 325 g/mol. The van der Waals surface area contributed by atoms with Gasteiger partial charge in [0.2, 0.25) is 5.91 Å². The lowest BCUT2D eigenvalue weighted by Crippen LogP contribution is -2.27. The van der Waals surface area contributed by atoms with Gasteiger partial charge in [-0.25, -0.2) is 9.50 Å². The van der Waals surface area contributed by atoms with Gasteiger partial charge in [0.25, 0.3) is 5.78 Å². The van der Waals surface area contributed by atoms with Crippen molar-refractivity contribution in [1.29, 1.82) is 0 Å². The second kappa shape index (κ2) is 6.66. The van der Waals surface area contributed by atoms with Gasteiger partial charge in [-0.05, 0) is 44.0 Å². The first-order valence-corrected chi connectivity index (χ1v) is 7.76. The van der Waals surface area contributed by atoms with Gasteiger partial charge >= 0.3 is 0 Å². The van der Waals surface area contributed by atoms with Crippen LogP contribution in [0.25, 0.3) is 5.78 Å². The third-order valence-electron chi connectivity index (χ3n) is 3.65.